The van der Waals surface area contributed by atoms with E-state index in [2.05, 4.69) is 15.5 Å². The summed E-state index contributed by atoms with van der Waals surface area (Å²) >= 11 is 12.5. The normalized spacial score (nSPS) is 11.4. The fourth-order valence-electron chi connectivity index (χ4n) is 3.73. The van der Waals surface area contributed by atoms with Crippen LogP contribution in [0.3, 0.4) is 0 Å². The molecule has 0 atom stereocenters. The minimum atomic E-state index is -4.49. The Kier molecular flexibility index (Phi) is 10.0. The number of amides is 1. The van der Waals surface area contributed by atoms with Crippen LogP contribution in [0.4, 0.5) is 17.1 Å². The fraction of sp³-hybridized carbons (Fsp3) is 0.115. The van der Waals surface area contributed by atoms with Crippen LogP contribution >= 0.6 is 23.2 Å². The van der Waals surface area contributed by atoms with Gasteiger partial charge in [-0.15, -0.1) is 5.11 Å². The minimum absolute atomic E-state index is 0. The number of hydrogen-bond donors (Lipinski definition) is 2. The Bertz CT molecular complexity index is 1710. The molecule has 0 heterocycles. The monoisotopic (exact) mass is 595 g/mol. The van der Waals surface area contributed by atoms with Gasteiger partial charge in [-0.25, -0.2) is 0 Å². The second-order valence-corrected chi connectivity index (χ2v) is 10.2. The summed E-state index contributed by atoms with van der Waals surface area (Å²) in [5.41, 5.74) is 0.122. The van der Waals surface area contributed by atoms with E-state index in [4.69, 9.17) is 27.9 Å². The second-order valence-electron chi connectivity index (χ2n) is 8.05. The van der Waals surface area contributed by atoms with E-state index in [9.17, 15) is 22.9 Å². The quantitative estimate of drug-likeness (QED) is 0.189. The van der Waals surface area contributed by atoms with Crippen LogP contribution in [-0.4, -0.2) is 25.5 Å². The summed E-state index contributed by atoms with van der Waals surface area (Å²) in [5.74, 6) is -0.851. The summed E-state index contributed by atoms with van der Waals surface area (Å²) in [5, 5.41) is 25.3. The number of rotatable bonds is 7. The van der Waals surface area contributed by atoms with Gasteiger partial charge in [-0.05, 0) is 55.1 Å². The summed E-state index contributed by atoms with van der Waals surface area (Å²) in [6, 6.07) is 15.4. The number of carbonyl (C=O) groups excluding carboxylic acids is 1. The van der Waals surface area contributed by atoms with Gasteiger partial charge in [0.25, 0.3) is 16.0 Å². The van der Waals surface area contributed by atoms with Crippen molar-refractivity contribution in [3.05, 3.63) is 81.8 Å². The summed E-state index contributed by atoms with van der Waals surface area (Å²) in [7, 11) is -4.49. The van der Waals surface area contributed by atoms with Crippen molar-refractivity contribution in [1.29, 1.82) is 0 Å². The molecule has 0 unspecified atom stereocenters. The van der Waals surface area contributed by atoms with Gasteiger partial charge in [0.1, 0.15) is 11.4 Å². The average Bonchev–Trinajstić information content (AvgIpc) is 2.86. The maximum absolute atomic E-state index is 13.4. The van der Waals surface area contributed by atoms with Crippen LogP contribution in [0, 0.1) is 6.92 Å². The second kappa shape index (κ2) is 12.6. The SMILES string of the molecule is CCOc1ccc(NC(=O)c2cc3ccccc3c(N=Nc3ccc(S(=O)(=O)O)c(C)c3Cl)c2[O-])c(Cl)c1.[Na+]. The Morgan fingerprint density at radius 3 is 2.46 bits per heavy atom. The number of anilines is 1. The van der Waals surface area contributed by atoms with Crippen molar-refractivity contribution >= 4 is 67.1 Å². The molecule has 9 nitrogen and oxygen atoms in total. The molecule has 0 aliphatic rings. The molecule has 4 rings (SSSR count). The third-order valence-electron chi connectivity index (χ3n) is 5.57. The van der Waals surface area contributed by atoms with Gasteiger partial charge in [0.15, 0.2) is 0 Å². The van der Waals surface area contributed by atoms with E-state index in [1.54, 1.807) is 42.5 Å². The molecular weight excluding hydrogens is 576 g/mol. The molecule has 0 fully saturated rings. The van der Waals surface area contributed by atoms with Crippen molar-refractivity contribution in [2.45, 2.75) is 18.7 Å². The maximum Gasteiger partial charge on any atom is 1.00 e. The summed E-state index contributed by atoms with van der Waals surface area (Å²) in [4.78, 5) is 12.8. The van der Waals surface area contributed by atoms with Crippen molar-refractivity contribution in [2.24, 2.45) is 10.2 Å². The van der Waals surface area contributed by atoms with E-state index >= 15 is 0 Å². The first-order chi connectivity index (χ1) is 18.0. The van der Waals surface area contributed by atoms with Crippen LogP contribution in [0.1, 0.15) is 22.8 Å². The Morgan fingerprint density at radius 2 is 1.79 bits per heavy atom. The largest absolute Gasteiger partial charge is 1.00 e. The molecule has 0 saturated carbocycles. The molecule has 0 spiro atoms. The number of halogens is 2. The molecule has 13 heteroatoms. The Morgan fingerprint density at radius 1 is 1.08 bits per heavy atom. The number of nitrogens with zero attached hydrogens (tertiary/aromatic N) is 2. The molecule has 2 N–H and O–H groups in total. The number of azo groups is 1. The molecule has 0 saturated heterocycles. The molecule has 0 bridgehead atoms. The minimum Gasteiger partial charge on any atom is -0.870 e. The maximum atomic E-state index is 13.4. The molecular formula is C26H20Cl2N3NaO6S. The zero-order valence-corrected chi connectivity index (χ0v) is 25.4. The number of ether oxygens (including phenoxy) is 1. The number of nitrogens with one attached hydrogen (secondary N) is 1. The van der Waals surface area contributed by atoms with E-state index in [0.29, 0.717) is 23.1 Å². The van der Waals surface area contributed by atoms with Crippen LogP contribution in [-0.2, 0) is 10.1 Å². The van der Waals surface area contributed by atoms with Gasteiger partial charge < -0.3 is 15.2 Å². The van der Waals surface area contributed by atoms with Crippen LogP contribution in [0.25, 0.3) is 10.8 Å². The van der Waals surface area contributed by atoms with E-state index in [-0.39, 0.29) is 72.7 Å². The Labute approximate surface area is 256 Å². The third-order valence-corrected chi connectivity index (χ3v) is 7.36. The first-order valence-electron chi connectivity index (χ1n) is 11.2. The van der Waals surface area contributed by atoms with E-state index in [1.165, 1.54) is 19.1 Å². The summed E-state index contributed by atoms with van der Waals surface area (Å²) in [6.07, 6.45) is 0. The third kappa shape index (κ3) is 6.72. The predicted molar refractivity (Wildman–Crippen MR) is 144 cm³/mol. The Hall–Kier alpha value is -2.70. The molecule has 1 amide bonds. The van der Waals surface area contributed by atoms with Crippen molar-refractivity contribution in [3.8, 4) is 11.5 Å². The first kappa shape index (κ1) is 30.8. The number of hydrogen-bond acceptors (Lipinski definition) is 7. The number of benzene rings is 4. The van der Waals surface area contributed by atoms with Crippen LogP contribution in [0.5, 0.6) is 11.5 Å². The van der Waals surface area contributed by atoms with E-state index in [0.717, 1.165) is 6.07 Å². The van der Waals surface area contributed by atoms with Crippen LogP contribution in [0.2, 0.25) is 10.0 Å². The number of carbonyl (C=O) groups is 1. The topological polar surface area (TPSA) is 140 Å². The molecule has 0 aromatic heterocycles. The van der Waals surface area contributed by atoms with Gasteiger partial charge >= 0.3 is 29.6 Å². The van der Waals surface area contributed by atoms with Crippen molar-refractivity contribution in [2.75, 3.05) is 11.9 Å². The van der Waals surface area contributed by atoms with Crippen molar-refractivity contribution in [3.63, 3.8) is 0 Å². The van der Waals surface area contributed by atoms with Gasteiger partial charge in [0.2, 0.25) is 0 Å². The van der Waals surface area contributed by atoms with Crippen LogP contribution in [0.15, 0.2) is 75.8 Å². The molecule has 4 aromatic carbocycles. The van der Waals surface area contributed by atoms with Gasteiger partial charge in [-0.1, -0.05) is 53.2 Å². The molecule has 0 aliphatic carbocycles. The van der Waals surface area contributed by atoms with E-state index < -0.39 is 21.8 Å². The van der Waals surface area contributed by atoms with Gasteiger partial charge in [0, 0.05) is 17.0 Å². The van der Waals surface area contributed by atoms with Gasteiger partial charge in [0.05, 0.1) is 32.9 Å². The number of fused-ring (bicyclic) bond motifs is 1. The van der Waals surface area contributed by atoms with Crippen molar-refractivity contribution in [1.82, 2.24) is 0 Å². The molecule has 0 aliphatic heterocycles. The summed E-state index contributed by atoms with van der Waals surface area (Å²) < 4.78 is 37.8. The van der Waals surface area contributed by atoms with Crippen LogP contribution < -0.4 is 44.7 Å². The average molecular weight is 596 g/mol. The zero-order valence-electron chi connectivity index (χ0n) is 21.0. The van der Waals surface area contributed by atoms with E-state index in [1.807, 2.05) is 6.92 Å². The van der Waals surface area contributed by atoms with Gasteiger partial charge in [-0.3, -0.25) is 9.35 Å². The summed E-state index contributed by atoms with van der Waals surface area (Å²) in [6.45, 7) is 3.68. The zero-order chi connectivity index (χ0) is 27.6. The molecule has 39 heavy (non-hydrogen) atoms. The van der Waals surface area contributed by atoms with Crippen molar-refractivity contribution < 1.29 is 57.2 Å². The predicted octanol–water partition coefficient (Wildman–Crippen LogP) is 3.85. The first-order valence-corrected chi connectivity index (χ1v) is 13.4. The smallest absolute Gasteiger partial charge is 0.870 e. The fourth-order valence-corrected chi connectivity index (χ4v) is 4.94. The molecule has 196 valence electrons. The molecule has 0 radical (unpaired) electrons. The molecule has 4 aromatic rings. The Balaban J connectivity index is 0.00000420. The van der Waals surface area contributed by atoms with Gasteiger partial charge in [-0.2, -0.15) is 13.5 Å². The standard InChI is InChI=1S/C26H21Cl2N3O6S.Na/c1-3-37-16-8-9-20(19(27)13-16)29-26(33)18-12-15-6-4-5-7-17(15)24(25(18)32)31-30-21-10-11-22(38(34,35)36)14(2)23(21)28;/h4-13,32H,3H2,1-2H3,(H,29,33)(H,34,35,36);/q;+1/p-1.